The summed E-state index contributed by atoms with van der Waals surface area (Å²) < 4.78 is 11.1. The molecular weight excluding hydrogens is 288 g/mol. The molecule has 1 unspecified atom stereocenters. The minimum Gasteiger partial charge on any atom is -0.444 e. The van der Waals surface area contributed by atoms with Gasteiger partial charge in [-0.3, -0.25) is 14.5 Å². The fraction of sp³-hybridized carbons (Fsp3) is 0.867. The van der Waals surface area contributed by atoms with Gasteiger partial charge in [0.05, 0.1) is 19.8 Å². The lowest BCUT2D eigenvalue weighted by Crippen LogP contribution is -2.50. The van der Waals surface area contributed by atoms with E-state index in [0.29, 0.717) is 13.0 Å². The van der Waals surface area contributed by atoms with Crippen LogP contribution in [0.15, 0.2) is 0 Å². The molecule has 1 rings (SSSR count). The molecular formula is C15H28N2O5. The number of nitrogens with zero attached hydrogens (tertiary/aromatic N) is 2. The van der Waals surface area contributed by atoms with Crippen LogP contribution in [0.5, 0.6) is 0 Å². The summed E-state index contributed by atoms with van der Waals surface area (Å²) in [5.74, 6) is -0.142. The van der Waals surface area contributed by atoms with Crippen molar-refractivity contribution in [2.75, 3.05) is 20.8 Å². The molecule has 7 heteroatoms. The van der Waals surface area contributed by atoms with Crippen LogP contribution < -0.4 is 0 Å². The van der Waals surface area contributed by atoms with Crippen LogP contribution in [0, 0.1) is 0 Å². The van der Waals surface area contributed by atoms with Crippen molar-refractivity contribution >= 4 is 12.0 Å². The molecule has 1 fully saturated rings. The van der Waals surface area contributed by atoms with Gasteiger partial charge in [-0.1, -0.05) is 0 Å². The van der Waals surface area contributed by atoms with E-state index in [4.69, 9.17) is 14.3 Å². The average Bonchev–Trinajstić information content (AvgIpc) is 2.68. The second-order valence-corrected chi connectivity index (χ2v) is 6.87. The minimum absolute atomic E-state index is 0.142. The fourth-order valence-corrected chi connectivity index (χ4v) is 2.33. The van der Waals surface area contributed by atoms with Crippen molar-refractivity contribution in [3.8, 4) is 0 Å². The zero-order valence-corrected chi connectivity index (χ0v) is 14.6. The molecule has 0 bridgehead atoms. The largest absolute Gasteiger partial charge is 0.444 e. The molecule has 22 heavy (non-hydrogen) atoms. The molecule has 1 atom stereocenters. The van der Waals surface area contributed by atoms with Crippen LogP contribution in [0.4, 0.5) is 4.79 Å². The highest BCUT2D eigenvalue weighted by molar-refractivity contribution is 5.75. The first-order chi connectivity index (χ1) is 9.98. The molecule has 1 aliphatic rings. The Morgan fingerprint density at radius 2 is 1.95 bits per heavy atom. The van der Waals surface area contributed by atoms with Gasteiger partial charge in [0, 0.05) is 13.5 Å². The van der Waals surface area contributed by atoms with Crippen LogP contribution in [0.1, 0.15) is 47.5 Å². The number of carbonyl (C=O) groups excluding carboxylic acids is 2. The molecule has 0 N–H and O–H groups in total. The quantitative estimate of drug-likeness (QED) is 0.743. The Hall–Kier alpha value is -1.34. The number of rotatable bonds is 4. The molecule has 1 saturated heterocycles. The molecule has 128 valence electrons. The molecule has 2 amide bonds. The van der Waals surface area contributed by atoms with E-state index in [0.717, 1.165) is 0 Å². The Morgan fingerprint density at radius 3 is 2.45 bits per heavy atom. The van der Waals surface area contributed by atoms with Crippen LogP contribution in [0.2, 0.25) is 0 Å². The van der Waals surface area contributed by atoms with Crippen molar-refractivity contribution < 1.29 is 23.9 Å². The van der Waals surface area contributed by atoms with Gasteiger partial charge in [-0.2, -0.15) is 0 Å². The van der Waals surface area contributed by atoms with Crippen molar-refractivity contribution in [3.63, 3.8) is 0 Å². The second-order valence-electron chi connectivity index (χ2n) is 6.87. The Kier molecular flexibility index (Phi) is 5.81. The lowest BCUT2D eigenvalue weighted by Gasteiger charge is -2.35. The number of carbonyl (C=O) groups is 2. The molecule has 0 radical (unpaired) electrons. The van der Waals surface area contributed by atoms with Gasteiger partial charge < -0.3 is 9.47 Å². The van der Waals surface area contributed by atoms with E-state index in [2.05, 4.69) is 0 Å². The summed E-state index contributed by atoms with van der Waals surface area (Å²) in [4.78, 5) is 30.7. The Morgan fingerprint density at radius 1 is 1.36 bits per heavy atom. The fourth-order valence-electron chi connectivity index (χ4n) is 2.33. The normalized spacial score (nSPS) is 20.9. The molecule has 0 aromatic rings. The van der Waals surface area contributed by atoms with E-state index in [9.17, 15) is 9.59 Å². The minimum atomic E-state index is -0.747. The number of hydroxylamine groups is 2. The summed E-state index contributed by atoms with van der Waals surface area (Å²) in [5.41, 5.74) is -1.32. The summed E-state index contributed by atoms with van der Waals surface area (Å²) in [7, 11) is 3.00. The SMILES string of the molecule is CON(C)C(=O)CCC1COC(C)(C)N1C(=O)OC(C)(C)C. The van der Waals surface area contributed by atoms with Gasteiger partial charge in [0.1, 0.15) is 11.3 Å². The van der Waals surface area contributed by atoms with E-state index in [1.165, 1.54) is 12.2 Å². The third kappa shape index (κ3) is 4.84. The molecule has 0 aliphatic carbocycles. The standard InChI is InChI=1S/C15H28N2O5/c1-14(2,3)22-13(19)17-11(10-21-15(17,4)5)8-9-12(18)16(6)20-7/h11H,8-10H2,1-7H3. The molecule has 1 aliphatic heterocycles. The first-order valence-corrected chi connectivity index (χ1v) is 7.45. The maximum absolute atomic E-state index is 12.4. The van der Waals surface area contributed by atoms with E-state index < -0.39 is 17.4 Å². The van der Waals surface area contributed by atoms with Crippen LogP contribution in [-0.2, 0) is 19.1 Å². The summed E-state index contributed by atoms with van der Waals surface area (Å²) in [6, 6.07) is -0.195. The van der Waals surface area contributed by atoms with Gasteiger partial charge >= 0.3 is 6.09 Å². The van der Waals surface area contributed by atoms with Crippen molar-refractivity contribution in [3.05, 3.63) is 0 Å². The predicted molar refractivity (Wildman–Crippen MR) is 80.9 cm³/mol. The van der Waals surface area contributed by atoms with Gasteiger partial charge in [0.2, 0.25) is 5.91 Å². The number of hydrogen-bond donors (Lipinski definition) is 0. The lowest BCUT2D eigenvalue weighted by molar-refractivity contribution is -0.169. The first kappa shape index (κ1) is 18.7. The van der Waals surface area contributed by atoms with Crippen LogP contribution >= 0.6 is 0 Å². The molecule has 0 spiro atoms. The Labute approximate surface area is 132 Å². The third-order valence-corrected chi connectivity index (χ3v) is 3.48. The van der Waals surface area contributed by atoms with Crippen molar-refractivity contribution in [2.24, 2.45) is 0 Å². The van der Waals surface area contributed by atoms with Crippen molar-refractivity contribution in [1.82, 2.24) is 9.96 Å². The average molecular weight is 316 g/mol. The highest BCUT2D eigenvalue weighted by Crippen LogP contribution is 2.31. The molecule has 0 aromatic carbocycles. The highest BCUT2D eigenvalue weighted by Gasteiger charge is 2.45. The van der Waals surface area contributed by atoms with Crippen LogP contribution in [0.25, 0.3) is 0 Å². The van der Waals surface area contributed by atoms with E-state index >= 15 is 0 Å². The summed E-state index contributed by atoms with van der Waals surface area (Å²) in [6.45, 7) is 9.49. The molecule has 1 heterocycles. The summed E-state index contributed by atoms with van der Waals surface area (Å²) >= 11 is 0. The number of hydrogen-bond acceptors (Lipinski definition) is 5. The number of ether oxygens (including phenoxy) is 2. The number of amides is 2. The van der Waals surface area contributed by atoms with Gasteiger partial charge in [-0.15, -0.1) is 0 Å². The van der Waals surface area contributed by atoms with E-state index in [1.54, 1.807) is 11.9 Å². The highest BCUT2D eigenvalue weighted by atomic mass is 16.7. The Bertz CT molecular complexity index is 417. The zero-order chi connectivity index (χ0) is 17.1. The van der Waals surface area contributed by atoms with Crippen molar-refractivity contribution in [2.45, 2.75) is 64.8 Å². The summed E-state index contributed by atoms with van der Waals surface area (Å²) in [6.07, 6.45) is 0.343. The summed E-state index contributed by atoms with van der Waals surface area (Å²) in [5, 5.41) is 1.18. The maximum atomic E-state index is 12.4. The zero-order valence-electron chi connectivity index (χ0n) is 14.6. The van der Waals surface area contributed by atoms with Gasteiger partial charge in [0.15, 0.2) is 0 Å². The lowest BCUT2D eigenvalue weighted by atomic mass is 10.1. The first-order valence-electron chi connectivity index (χ1n) is 7.45. The smallest absolute Gasteiger partial charge is 0.412 e. The Balaban J connectivity index is 2.73. The predicted octanol–water partition coefficient (Wildman–Crippen LogP) is 2.16. The van der Waals surface area contributed by atoms with E-state index in [1.807, 2.05) is 34.6 Å². The van der Waals surface area contributed by atoms with Gasteiger partial charge in [-0.25, -0.2) is 9.86 Å². The third-order valence-electron chi connectivity index (χ3n) is 3.48. The molecule has 7 nitrogen and oxygen atoms in total. The van der Waals surface area contributed by atoms with Crippen LogP contribution in [-0.4, -0.2) is 60.1 Å². The van der Waals surface area contributed by atoms with Gasteiger partial charge in [-0.05, 0) is 41.0 Å². The molecule has 0 saturated carbocycles. The van der Waals surface area contributed by atoms with Crippen molar-refractivity contribution in [1.29, 1.82) is 0 Å². The maximum Gasteiger partial charge on any atom is 0.412 e. The monoisotopic (exact) mass is 316 g/mol. The topological polar surface area (TPSA) is 68.3 Å². The molecule has 0 aromatic heterocycles. The van der Waals surface area contributed by atoms with Crippen LogP contribution in [0.3, 0.4) is 0 Å². The van der Waals surface area contributed by atoms with E-state index in [-0.39, 0.29) is 18.4 Å². The second kappa shape index (κ2) is 6.83. The van der Waals surface area contributed by atoms with Gasteiger partial charge in [0.25, 0.3) is 0 Å².